The molecule has 1 fully saturated rings. The maximum absolute atomic E-state index is 13.6. The summed E-state index contributed by atoms with van der Waals surface area (Å²) in [7, 11) is 0. The molecule has 0 atom stereocenters. The lowest BCUT2D eigenvalue weighted by atomic mass is 9.97. The number of rotatable bonds is 5. The normalized spacial score (nSPS) is 17.0. The molecule has 0 unspecified atom stereocenters. The third-order valence-electron chi connectivity index (χ3n) is 5.60. The summed E-state index contributed by atoms with van der Waals surface area (Å²) < 4.78 is 5.70. The highest BCUT2D eigenvalue weighted by Crippen LogP contribution is 2.37. The van der Waals surface area contributed by atoms with Gasteiger partial charge in [-0.05, 0) is 75.9 Å². The van der Waals surface area contributed by atoms with Gasteiger partial charge in [-0.2, -0.15) is 0 Å². The second-order valence-corrected chi connectivity index (χ2v) is 8.34. The van der Waals surface area contributed by atoms with Crippen LogP contribution >= 0.6 is 0 Å². The van der Waals surface area contributed by atoms with Crippen LogP contribution in [0, 0.1) is 13.8 Å². The molecule has 30 heavy (non-hydrogen) atoms. The fourth-order valence-corrected chi connectivity index (χ4v) is 4.27. The highest BCUT2D eigenvalue weighted by molar-refractivity contribution is 6.45. The molecule has 156 valence electrons. The molecule has 2 aromatic rings. The van der Waals surface area contributed by atoms with Crippen molar-refractivity contribution >= 4 is 23.1 Å². The SMILES string of the molecule is Cc1ccc(C2=C(N3CCCC3)C(=O)N(c3ccc(OC(C)C)cc3)C2=O)c(C)c1. The number of carbonyl (C=O) groups is 2. The van der Waals surface area contributed by atoms with Gasteiger partial charge in [0.05, 0.1) is 17.4 Å². The monoisotopic (exact) mass is 404 g/mol. The molecule has 2 aromatic carbocycles. The predicted molar refractivity (Wildman–Crippen MR) is 118 cm³/mol. The molecule has 5 heteroatoms. The molecule has 4 rings (SSSR count). The van der Waals surface area contributed by atoms with E-state index in [4.69, 9.17) is 4.74 Å². The van der Waals surface area contributed by atoms with Crippen molar-refractivity contribution in [3.63, 3.8) is 0 Å². The van der Waals surface area contributed by atoms with Gasteiger partial charge in [0.15, 0.2) is 0 Å². The van der Waals surface area contributed by atoms with Crippen LogP contribution in [0.2, 0.25) is 0 Å². The lowest BCUT2D eigenvalue weighted by Crippen LogP contribution is -2.34. The van der Waals surface area contributed by atoms with Gasteiger partial charge >= 0.3 is 0 Å². The van der Waals surface area contributed by atoms with Crippen LogP contribution in [0.1, 0.15) is 43.4 Å². The van der Waals surface area contributed by atoms with E-state index in [0.29, 0.717) is 17.0 Å². The molecule has 0 radical (unpaired) electrons. The van der Waals surface area contributed by atoms with Crippen LogP contribution < -0.4 is 9.64 Å². The highest BCUT2D eigenvalue weighted by Gasteiger charge is 2.43. The van der Waals surface area contributed by atoms with Crippen molar-refractivity contribution in [1.29, 1.82) is 0 Å². The fraction of sp³-hybridized carbons (Fsp3) is 0.360. The van der Waals surface area contributed by atoms with E-state index in [1.165, 1.54) is 4.90 Å². The second-order valence-electron chi connectivity index (χ2n) is 8.34. The average Bonchev–Trinajstić information content (AvgIpc) is 3.29. The Balaban J connectivity index is 1.76. The van der Waals surface area contributed by atoms with Crippen LogP contribution in [0.3, 0.4) is 0 Å². The van der Waals surface area contributed by atoms with Gasteiger partial charge < -0.3 is 9.64 Å². The van der Waals surface area contributed by atoms with Crippen molar-refractivity contribution < 1.29 is 14.3 Å². The van der Waals surface area contributed by atoms with E-state index >= 15 is 0 Å². The number of anilines is 1. The first-order valence-electron chi connectivity index (χ1n) is 10.6. The lowest BCUT2D eigenvalue weighted by molar-refractivity contribution is -0.120. The van der Waals surface area contributed by atoms with Gasteiger partial charge in [-0.15, -0.1) is 0 Å². The Labute approximate surface area is 177 Å². The number of benzene rings is 2. The summed E-state index contributed by atoms with van der Waals surface area (Å²) >= 11 is 0. The molecule has 1 saturated heterocycles. The van der Waals surface area contributed by atoms with Crippen LogP contribution in [-0.4, -0.2) is 35.9 Å². The first kappa shape index (κ1) is 20.2. The first-order chi connectivity index (χ1) is 14.4. The topological polar surface area (TPSA) is 49.9 Å². The van der Waals surface area contributed by atoms with Gasteiger partial charge in [0.1, 0.15) is 11.4 Å². The number of aryl methyl sites for hydroxylation is 2. The molecular formula is C25H28N2O3. The van der Waals surface area contributed by atoms with Crippen LogP contribution in [0.15, 0.2) is 48.2 Å². The van der Waals surface area contributed by atoms with E-state index < -0.39 is 0 Å². The summed E-state index contributed by atoms with van der Waals surface area (Å²) in [6.07, 6.45) is 2.13. The zero-order valence-corrected chi connectivity index (χ0v) is 18.1. The van der Waals surface area contributed by atoms with Gasteiger partial charge in [-0.1, -0.05) is 23.8 Å². The zero-order valence-electron chi connectivity index (χ0n) is 18.1. The minimum Gasteiger partial charge on any atom is -0.491 e. The lowest BCUT2D eigenvalue weighted by Gasteiger charge is -2.20. The van der Waals surface area contributed by atoms with Gasteiger partial charge in [-0.3, -0.25) is 9.59 Å². The van der Waals surface area contributed by atoms with Gasteiger partial charge in [0.25, 0.3) is 11.8 Å². The molecule has 0 aliphatic carbocycles. The number of ether oxygens (including phenoxy) is 1. The van der Waals surface area contributed by atoms with E-state index in [1.807, 2.05) is 39.8 Å². The Morgan fingerprint density at radius 2 is 1.57 bits per heavy atom. The Morgan fingerprint density at radius 1 is 0.900 bits per heavy atom. The third kappa shape index (κ3) is 3.60. The largest absolute Gasteiger partial charge is 0.491 e. The van der Waals surface area contributed by atoms with Crippen LogP contribution in [0.5, 0.6) is 5.75 Å². The minimum atomic E-state index is -0.258. The molecule has 5 nitrogen and oxygen atoms in total. The van der Waals surface area contributed by atoms with Crippen LogP contribution in [0.4, 0.5) is 5.69 Å². The minimum absolute atomic E-state index is 0.0606. The fourth-order valence-electron chi connectivity index (χ4n) is 4.27. The van der Waals surface area contributed by atoms with Crippen LogP contribution in [0.25, 0.3) is 5.57 Å². The molecule has 2 aliphatic heterocycles. The smallest absolute Gasteiger partial charge is 0.282 e. The van der Waals surface area contributed by atoms with Crippen molar-refractivity contribution in [2.75, 3.05) is 18.0 Å². The van der Waals surface area contributed by atoms with E-state index in [1.54, 1.807) is 24.3 Å². The number of amides is 2. The molecule has 0 bridgehead atoms. The molecule has 0 N–H and O–H groups in total. The summed E-state index contributed by atoms with van der Waals surface area (Å²) in [6.45, 7) is 9.56. The number of hydrogen-bond donors (Lipinski definition) is 0. The van der Waals surface area contributed by atoms with Gasteiger partial charge in [-0.25, -0.2) is 4.90 Å². The summed E-state index contributed by atoms with van der Waals surface area (Å²) in [5.74, 6) is 0.218. The average molecular weight is 405 g/mol. The quantitative estimate of drug-likeness (QED) is 0.690. The van der Waals surface area contributed by atoms with Gasteiger partial charge in [0.2, 0.25) is 0 Å². The van der Waals surface area contributed by atoms with Crippen molar-refractivity contribution in [3.05, 3.63) is 64.9 Å². The van der Waals surface area contributed by atoms with Crippen LogP contribution in [-0.2, 0) is 9.59 Å². The van der Waals surface area contributed by atoms with E-state index in [-0.39, 0.29) is 17.9 Å². The maximum atomic E-state index is 13.6. The number of imide groups is 1. The number of carbonyl (C=O) groups excluding carboxylic acids is 2. The molecular weight excluding hydrogens is 376 g/mol. The predicted octanol–water partition coefficient (Wildman–Crippen LogP) is 4.47. The molecule has 0 spiro atoms. The zero-order chi connectivity index (χ0) is 21.4. The molecule has 0 aromatic heterocycles. The van der Waals surface area contributed by atoms with Crippen molar-refractivity contribution in [1.82, 2.24) is 4.90 Å². The van der Waals surface area contributed by atoms with Crippen molar-refractivity contribution in [3.8, 4) is 5.75 Å². The van der Waals surface area contributed by atoms with Crippen molar-refractivity contribution in [2.24, 2.45) is 0 Å². The Morgan fingerprint density at radius 3 is 2.17 bits per heavy atom. The standard InChI is InChI=1S/C25H28N2O3/c1-16(2)30-20-10-8-19(9-11-20)27-24(28)22(21-12-7-17(3)15-18(21)4)23(25(27)29)26-13-5-6-14-26/h7-12,15-16H,5-6,13-14H2,1-4H3. The van der Waals surface area contributed by atoms with Gasteiger partial charge in [0, 0.05) is 13.1 Å². The molecule has 0 saturated carbocycles. The second kappa shape index (κ2) is 7.98. The number of nitrogens with zero attached hydrogens (tertiary/aromatic N) is 2. The maximum Gasteiger partial charge on any atom is 0.282 e. The number of hydrogen-bond acceptors (Lipinski definition) is 4. The Kier molecular flexibility index (Phi) is 5.37. The van der Waals surface area contributed by atoms with Crippen molar-refractivity contribution in [2.45, 2.75) is 46.6 Å². The third-order valence-corrected chi connectivity index (χ3v) is 5.60. The summed E-state index contributed by atoms with van der Waals surface area (Å²) in [5.41, 5.74) is 4.59. The Bertz CT molecular complexity index is 1020. The molecule has 2 aliphatic rings. The Hall–Kier alpha value is -3.08. The first-order valence-corrected chi connectivity index (χ1v) is 10.6. The number of likely N-dealkylation sites (tertiary alicyclic amines) is 1. The van der Waals surface area contributed by atoms with E-state index in [2.05, 4.69) is 11.0 Å². The highest BCUT2D eigenvalue weighted by atomic mass is 16.5. The van der Waals surface area contributed by atoms with E-state index in [0.717, 1.165) is 48.4 Å². The summed E-state index contributed by atoms with van der Waals surface area (Å²) in [6, 6.07) is 13.2. The van der Waals surface area contributed by atoms with E-state index in [9.17, 15) is 9.59 Å². The molecule has 2 heterocycles. The summed E-state index contributed by atoms with van der Waals surface area (Å²) in [4.78, 5) is 30.5. The molecule has 2 amide bonds. The summed E-state index contributed by atoms with van der Waals surface area (Å²) in [5, 5.41) is 0.